The van der Waals surface area contributed by atoms with E-state index in [0.717, 1.165) is 16.9 Å². The fourth-order valence-corrected chi connectivity index (χ4v) is 2.28. The molecule has 2 aromatic carbocycles. The van der Waals surface area contributed by atoms with Crippen LogP contribution in [-0.4, -0.2) is 26.6 Å². The van der Waals surface area contributed by atoms with Gasteiger partial charge in [-0.1, -0.05) is 24.3 Å². The van der Waals surface area contributed by atoms with Crippen molar-refractivity contribution >= 4 is 18.3 Å². The van der Waals surface area contributed by atoms with E-state index in [1.54, 1.807) is 26.3 Å². The molecule has 2 aromatic rings. The van der Waals surface area contributed by atoms with Crippen LogP contribution in [0.3, 0.4) is 0 Å². The Balaban J connectivity index is 0.00000288. The van der Waals surface area contributed by atoms with E-state index in [1.165, 1.54) is 12.1 Å². The maximum absolute atomic E-state index is 13.2. The van der Waals surface area contributed by atoms with Gasteiger partial charge in [-0.2, -0.15) is 0 Å². The third-order valence-corrected chi connectivity index (χ3v) is 3.56. The van der Waals surface area contributed by atoms with E-state index < -0.39 is 0 Å². The van der Waals surface area contributed by atoms with Crippen molar-refractivity contribution in [2.75, 3.05) is 20.7 Å². The van der Waals surface area contributed by atoms with Crippen molar-refractivity contribution in [2.24, 2.45) is 0 Å². The molecule has 130 valence electrons. The molecule has 0 heterocycles. The Morgan fingerprint density at radius 2 is 1.62 bits per heavy atom. The third kappa shape index (κ3) is 5.51. The minimum atomic E-state index is -0.328. The van der Waals surface area contributed by atoms with Crippen molar-refractivity contribution in [2.45, 2.75) is 12.5 Å². The highest BCUT2D eigenvalue weighted by Crippen LogP contribution is 2.24. The normalized spacial score (nSPS) is 11.3. The molecular weight excluding hydrogens is 331 g/mol. The second kappa shape index (κ2) is 9.90. The number of amides is 1. The molecule has 0 saturated heterocycles. The molecule has 0 radical (unpaired) electrons. The van der Waals surface area contributed by atoms with Crippen molar-refractivity contribution in [3.8, 4) is 5.75 Å². The smallest absolute Gasteiger partial charge is 0.222 e. The van der Waals surface area contributed by atoms with Crippen molar-refractivity contribution in [1.82, 2.24) is 10.6 Å². The number of carbonyl (C=O) groups is 1. The van der Waals surface area contributed by atoms with Gasteiger partial charge in [-0.3, -0.25) is 4.79 Å². The molecule has 0 aliphatic rings. The number of benzene rings is 2. The second-order valence-electron chi connectivity index (χ2n) is 5.18. The Bertz CT molecular complexity index is 632. The quantitative estimate of drug-likeness (QED) is 0.805. The van der Waals surface area contributed by atoms with Gasteiger partial charge in [0.25, 0.3) is 0 Å². The van der Waals surface area contributed by atoms with Crippen molar-refractivity contribution in [1.29, 1.82) is 0 Å². The SMILES string of the molecule is CNCCC(=O)NC(c1ccc(F)cc1)c1ccc(OC)cc1.Cl. The molecule has 1 amide bonds. The molecule has 0 saturated carbocycles. The molecule has 2 rings (SSSR count). The zero-order valence-corrected chi connectivity index (χ0v) is 14.5. The van der Waals surface area contributed by atoms with E-state index in [9.17, 15) is 9.18 Å². The molecule has 2 N–H and O–H groups in total. The predicted molar refractivity (Wildman–Crippen MR) is 95.2 cm³/mol. The van der Waals surface area contributed by atoms with Crippen molar-refractivity contribution < 1.29 is 13.9 Å². The monoisotopic (exact) mass is 352 g/mol. The van der Waals surface area contributed by atoms with Crippen LogP contribution < -0.4 is 15.4 Å². The van der Waals surface area contributed by atoms with Gasteiger partial charge in [0.1, 0.15) is 11.6 Å². The first-order valence-corrected chi connectivity index (χ1v) is 7.47. The highest BCUT2D eigenvalue weighted by molar-refractivity contribution is 5.85. The van der Waals surface area contributed by atoms with Gasteiger partial charge in [0.15, 0.2) is 0 Å². The standard InChI is InChI=1S/C18H21FN2O2.ClH/c1-20-12-11-17(22)21-18(13-3-7-15(19)8-4-13)14-5-9-16(23-2)10-6-14;/h3-10,18,20H,11-12H2,1-2H3,(H,21,22);1H. The first-order valence-electron chi connectivity index (χ1n) is 7.47. The zero-order chi connectivity index (χ0) is 16.7. The largest absolute Gasteiger partial charge is 0.497 e. The summed E-state index contributed by atoms with van der Waals surface area (Å²) >= 11 is 0. The number of carbonyl (C=O) groups excluding carboxylic acids is 1. The van der Waals surface area contributed by atoms with Crippen LogP contribution in [0, 0.1) is 5.82 Å². The van der Waals surface area contributed by atoms with Gasteiger partial charge in [-0.05, 0) is 42.4 Å². The number of hydrogen-bond acceptors (Lipinski definition) is 3. The summed E-state index contributed by atoms with van der Waals surface area (Å²) in [5.41, 5.74) is 1.74. The highest BCUT2D eigenvalue weighted by atomic mass is 35.5. The number of halogens is 2. The second-order valence-corrected chi connectivity index (χ2v) is 5.18. The zero-order valence-electron chi connectivity index (χ0n) is 13.7. The van der Waals surface area contributed by atoms with Crippen LogP contribution in [0.25, 0.3) is 0 Å². The maximum atomic E-state index is 13.2. The summed E-state index contributed by atoms with van der Waals surface area (Å²) in [6, 6.07) is 13.3. The summed E-state index contributed by atoms with van der Waals surface area (Å²) in [5.74, 6) is 0.376. The lowest BCUT2D eigenvalue weighted by molar-refractivity contribution is -0.121. The third-order valence-electron chi connectivity index (χ3n) is 3.56. The molecule has 24 heavy (non-hydrogen) atoms. The number of nitrogens with one attached hydrogen (secondary N) is 2. The van der Waals surface area contributed by atoms with Crippen LogP contribution in [0.1, 0.15) is 23.6 Å². The van der Waals surface area contributed by atoms with E-state index >= 15 is 0 Å². The highest BCUT2D eigenvalue weighted by Gasteiger charge is 2.17. The molecule has 6 heteroatoms. The number of hydrogen-bond donors (Lipinski definition) is 2. The first-order chi connectivity index (χ1) is 11.1. The summed E-state index contributed by atoms with van der Waals surface area (Å²) in [6.45, 7) is 0.602. The lowest BCUT2D eigenvalue weighted by Crippen LogP contribution is -2.31. The van der Waals surface area contributed by atoms with Crippen LogP contribution in [0.2, 0.25) is 0 Å². The lowest BCUT2D eigenvalue weighted by Gasteiger charge is -2.20. The summed E-state index contributed by atoms with van der Waals surface area (Å²) in [7, 11) is 3.40. The van der Waals surface area contributed by atoms with Gasteiger partial charge >= 0.3 is 0 Å². The molecule has 0 fully saturated rings. The van der Waals surface area contributed by atoms with Crippen LogP contribution in [0.15, 0.2) is 48.5 Å². The Morgan fingerprint density at radius 1 is 1.08 bits per heavy atom. The minimum Gasteiger partial charge on any atom is -0.497 e. The lowest BCUT2D eigenvalue weighted by atomic mass is 9.98. The Labute approximate surface area is 147 Å². The molecular formula is C18H22ClFN2O2. The van der Waals surface area contributed by atoms with E-state index in [0.29, 0.717) is 13.0 Å². The molecule has 4 nitrogen and oxygen atoms in total. The van der Waals surface area contributed by atoms with Gasteiger partial charge in [-0.25, -0.2) is 4.39 Å². The topological polar surface area (TPSA) is 50.4 Å². The summed E-state index contributed by atoms with van der Waals surface area (Å²) in [4.78, 5) is 12.1. The van der Waals surface area contributed by atoms with Crippen LogP contribution in [0.4, 0.5) is 4.39 Å². The van der Waals surface area contributed by atoms with Gasteiger partial charge in [0, 0.05) is 13.0 Å². The van der Waals surface area contributed by atoms with Crippen LogP contribution in [0.5, 0.6) is 5.75 Å². The van der Waals surface area contributed by atoms with Gasteiger partial charge in [-0.15, -0.1) is 12.4 Å². The fourth-order valence-electron chi connectivity index (χ4n) is 2.28. The van der Waals surface area contributed by atoms with E-state index in [-0.39, 0.29) is 30.2 Å². The molecule has 0 spiro atoms. The molecule has 1 unspecified atom stereocenters. The number of methoxy groups -OCH3 is 1. The van der Waals surface area contributed by atoms with Gasteiger partial charge in [0.2, 0.25) is 5.91 Å². The predicted octanol–water partition coefficient (Wildman–Crippen LogP) is 3.07. The Hall–Kier alpha value is -2.11. The fraction of sp³-hybridized carbons (Fsp3) is 0.278. The minimum absolute atomic E-state index is 0. The Kier molecular flexibility index (Phi) is 8.22. The molecule has 1 atom stereocenters. The summed E-state index contributed by atoms with van der Waals surface area (Å²) in [5, 5.41) is 5.95. The molecule has 0 aliphatic carbocycles. The average Bonchev–Trinajstić information content (AvgIpc) is 2.59. The van der Waals surface area contributed by atoms with Crippen LogP contribution in [-0.2, 0) is 4.79 Å². The first kappa shape index (κ1) is 19.9. The van der Waals surface area contributed by atoms with Crippen molar-refractivity contribution in [3.63, 3.8) is 0 Å². The summed E-state index contributed by atoms with van der Waals surface area (Å²) in [6.07, 6.45) is 0.379. The van der Waals surface area contributed by atoms with E-state index in [2.05, 4.69) is 10.6 Å². The average molecular weight is 353 g/mol. The Morgan fingerprint density at radius 3 is 2.12 bits per heavy atom. The van der Waals surface area contributed by atoms with E-state index in [1.807, 2.05) is 24.3 Å². The van der Waals surface area contributed by atoms with Gasteiger partial charge < -0.3 is 15.4 Å². The maximum Gasteiger partial charge on any atom is 0.222 e. The molecule has 0 aliphatic heterocycles. The van der Waals surface area contributed by atoms with Crippen molar-refractivity contribution in [3.05, 3.63) is 65.5 Å². The summed E-state index contributed by atoms with van der Waals surface area (Å²) < 4.78 is 18.3. The van der Waals surface area contributed by atoms with Crippen LogP contribution >= 0.6 is 12.4 Å². The molecule has 0 aromatic heterocycles. The van der Waals surface area contributed by atoms with Gasteiger partial charge in [0.05, 0.1) is 13.2 Å². The number of ether oxygens (including phenoxy) is 1. The molecule has 0 bridgehead atoms. The number of rotatable bonds is 7. The van der Waals surface area contributed by atoms with E-state index in [4.69, 9.17) is 4.74 Å².